The van der Waals surface area contributed by atoms with Gasteiger partial charge >= 0.3 is 12.1 Å². The highest BCUT2D eigenvalue weighted by atomic mass is 16.6. The molecule has 7 heteroatoms. The van der Waals surface area contributed by atoms with Crippen LogP contribution < -0.4 is 5.32 Å². The number of aromatic hydroxyl groups is 1. The molecule has 1 saturated heterocycles. The summed E-state index contributed by atoms with van der Waals surface area (Å²) in [5.41, 5.74) is 2.17. The minimum Gasteiger partial charge on any atom is -0.508 e. The smallest absolute Gasteiger partial charge is 0.410 e. The third kappa shape index (κ3) is 7.04. The number of nitrogens with zero attached hydrogens (tertiary/aromatic N) is 1. The van der Waals surface area contributed by atoms with Gasteiger partial charge in [-0.1, -0.05) is 48.0 Å². The number of piperidine rings is 1. The van der Waals surface area contributed by atoms with E-state index >= 15 is 0 Å². The van der Waals surface area contributed by atoms with Gasteiger partial charge in [0.1, 0.15) is 11.4 Å². The molecule has 2 fully saturated rings. The average molecular weight is 509 g/mol. The standard InChI is InChI=1S/C30H40N2O5/c1-20-12-13-26(33)23(16-20)22(21-10-6-5-7-11-21)17-27(34)36-15-9-8-14-32(29(35)37-30(2,3)4)28-24-18-31-19-25(24)28/h5-7,10-13,16,22,24-25,28,31,33H,8-9,14-15,17-19H2,1-4H3/t22?,24-,25+,28?. The first-order valence-electron chi connectivity index (χ1n) is 13.3. The lowest BCUT2D eigenvalue weighted by molar-refractivity contribution is -0.144. The second-order valence-corrected chi connectivity index (χ2v) is 11.3. The second kappa shape index (κ2) is 11.5. The van der Waals surface area contributed by atoms with Crippen LogP contribution in [0.1, 0.15) is 62.6 Å². The molecule has 0 spiro atoms. The number of benzene rings is 2. The number of unbranched alkanes of at least 4 members (excludes halogenated alkanes) is 1. The molecular formula is C30H40N2O5. The molecule has 1 aliphatic heterocycles. The van der Waals surface area contributed by atoms with Crippen molar-refractivity contribution < 1.29 is 24.2 Å². The lowest BCUT2D eigenvalue weighted by Gasteiger charge is -2.29. The third-order valence-corrected chi connectivity index (χ3v) is 7.22. The SMILES string of the molecule is Cc1ccc(O)c(C(CC(=O)OCCCCN(C(=O)OC(C)(C)C)C2[C@H]3CNC[C@@H]23)c2ccccc2)c1. The topological polar surface area (TPSA) is 88.1 Å². The lowest BCUT2D eigenvalue weighted by atomic mass is 9.87. The number of carbonyl (C=O) groups excluding carboxylic acids is 2. The molecule has 200 valence electrons. The molecule has 1 saturated carbocycles. The molecule has 7 nitrogen and oxygen atoms in total. The molecule has 2 aliphatic rings. The van der Waals surface area contributed by atoms with Crippen LogP contribution in [0.3, 0.4) is 0 Å². The monoisotopic (exact) mass is 508 g/mol. The fraction of sp³-hybridized carbons (Fsp3) is 0.533. The summed E-state index contributed by atoms with van der Waals surface area (Å²) in [5, 5.41) is 13.9. The Morgan fingerprint density at radius 2 is 1.78 bits per heavy atom. The van der Waals surface area contributed by atoms with Gasteiger partial charge in [0.05, 0.1) is 13.0 Å². The molecule has 37 heavy (non-hydrogen) atoms. The van der Waals surface area contributed by atoms with E-state index in [1.54, 1.807) is 6.07 Å². The predicted molar refractivity (Wildman–Crippen MR) is 143 cm³/mol. The minimum atomic E-state index is -0.534. The average Bonchev–Trinajstić information content (AvgIpc) is 3.28. The van der Waals surface area contributed by atoms with E-state index in [9.17, 15) is 14.7 Å². The van der Waals surface area contributed by atoms with E-state index in [2.05, 4.69) is 5.32 Å². The van der Waals surface area contributed by atoms with Gasteiger partial charge in [-0.3, -0.25) is 4.79 Å². The van der Waals surface area contributed by atoms with Gasteiger partial charge in [0.15, 0.2) is 0 Å². The van der Waals surface area contributed by atoms with Gasteiger partial charge in [-0.25, -0.2) is 4.79 Å². The number of aryl methyl sites for hydroxylation is 1. The number of hydrogen-bond donors (Lipinski definition) is 2. The van der Waals surface area contributed by atoms with Crippen LogP contribution in [-0.4, -0.2) is 60.0 Å². The van der Waals surface area contributed by atoms with Crippen molar-refractivity contribution in [1.82, 2.24) is 10.2 Å². The van der Waals surface area contributed by atoms with Crippen molar-refractivity contribution in [2.75, 3.05) is 26.2 Å². The van der Waals surface area contributed by atoms with Crippen molar-refractivity contribution in [2.24, 2.45) is 11.8 Å². The molecule has 4 atom stereocenters. The highest BCUT2D eigenvalue weighted by molar-refractivity contribution is 5.72. The van der Waals surface area contributed by atoms with Crippen LogP contribution in [0, 0.1) is 18.8 Å². The number of esters is 1. The van der Waals surface area contributed by atoms with Gasteiger partial charge in [0.2, 0.25) is 0 Å². The first-order valence-corrected chi connectivity index (χ1v) is 13.3. The second-order valence-electron chi connectivity index (χ2n) is 11.3. The van der Waals surface area contributed by atoms with E-state index in [1.165, 1.54) is 0 Å². The number of hydrogen-bond acceptors (Lipinski definition) is 6. The van der Waals surface area contributed by atoms with E-state index < -0.39 is 5.60 Å². The molecule has 1 heterocycles. The molecule has 0 radical (unpaired) electrons. The summed E-state index contributed by atoms with van der Waals surface area (Å²) in [6, 6.07) is 15.4. The Kier molecular flexibility index (Phi) is 8.42. The van der Waals surface area contributed by atoms with Gasteiger partial charge in [0, 0.05) is 37.2 Å². The fourth-order valence-corrected chi connectivity index (χ4v) is 5.37. The Labute approximate surface area is 220 Å². The van der Waals surface area contributed by atoms with Crippen molar-refractivity contribution in [3.63, 3.8) is 0 Å². The molecular weight excluding hydrogens is 468 g/mol. The quantitative estimate of drug-likeness (QED) is 0.347. The number of ether oxygens (including phenoxy) is 2. The normalized spacial score (nSPS) is 21.1. The van der Waals surface area contributed by atoms with Crippen molar-refractivity contribution >= 4 is 12.1 Å². The zero-order valence-corrected chi connectivity index (χ0v) is 22.4. The van der Waals surface area contributed by atoms with Gasteiger partial charge in [-0.2, -0.15) is 0 Å². The Hall–Kier alpha value is -3.06. The Balaban J connectivity index is 1.29. The highest BCUT2D eigenvalue weighted by Gasteiger charge is 2.57. The summed E-state index contributed by atoms with van der Waals surface area (Å²) in [7, 11) is 0. The molecule has 2 aromatic carbocycles. The lowest BCUT2D eigenvalue weighted by Crippen LogP contribution is -2.42. The minimum absolute atomic E-state index is 0.142. The van der Waals surface area contributed by atoms with Gasteiger partial charge < -0.3 is 24.8 Å². The predicted octanol–water partition coefficient (Wildman–Crippen LogP) is 5.00. The molecule has 4 rings (SSSR count). The van der Waals surface area contributed by atoms with Crippen molar-refractivity contribution in [3.8, 4) is 5.75 Å². The van der Waals surface area contributed by atoms with Crippen molar-refractivity contribution in [2.45, 2.75) is 64.5 Å². The number of carbonyl (C=O) groups is 2. The number of amides is 1. The summed E-state index contributed by atoms with van der Waals surface area (Å²) in [6.45, 7) is 10.4. The maximum absolute atomic E-state index is 12.9. The maximum atomic E-state index is 12.9. The van der Waals surface area contributed by atoms with E-state index in [0.717, 1.165) is 36.2 Å². The Morgan fingerprint density at radius 1 is 1.08 bits per heavy atom. The zero-order chi connectivity index (χ0) is 26.6. The van der Waals surface area contributed by atoms with Crippen LogP contribution in [0.25, 0.3) is 0 Å². The first kappa shape index (κ1) is 27.0. The number of rotatable bonds is 10. The van der Waals surface area contributed by atoms with Gasteiger partial charge in [-0.05, 0) is 64.0 Å². The van der Waals surface area contributed by atoms with E-state index in [4.69, 9.17) is 9.47 Å². The molecule has 2 unspecified atom stereocenters. The van der Waals surface area contributed by atoms with Crippen molar-refractivity contribution in [1.29, 1.82) is 0 Å². The van der Waals surface area contributed by atoms with E-state index in [-0.39, 0.29) is 36.2 Å². The van der Waals surface area contributed by atoms with Gasteiger partial charge in [0.25, 0.3) is 0 Å². The third-order valence-electron chi connectivity index (χ3n) is 7.22. The van der Waals surface area contributed by atoms with Crippen LogP contribution in [0.2, 0.25) is 0 Å². The summed E-state index contributed by atoms with van der Waals surface area (Å²) in [4.78, 5) is 27.6. The number of nitrogens with one attached hydrogen (secondary N) is 1. The maximum Gasteiger partial charge on any atom is 0.410 e. The molecule has 0 bridgehead atoms. The highest BCUT2D eigenvalue weighted by Crippen LogP contribution is 2.46. The number of phenolic OH excluding ortho intramolecular Hbond substituents is 1. The van der Waals surface area contributed by atoms with Crippen molar-refractivity contribution in [3.05, 3.63) is 65.2 Å². The van der Waals surface area contributed by atoms with Crippen LogP contribution in [0.5, 0.6) is 5.75 Å². The zero-order valence-electron chi connectivity index (χ0n) is 22.4. The summed E-state index contributed by atoms with van der Waals surface area (Å²) >= 11 is 0. The van der Waals surface area contributed by atoms with E-state index in [1.807, 2.05) is 75.1 Å². The summed E-state index contributed by atoms with van der Waals surface area (Å²) in [5.74, 6) is 0.604. The molecule has 2 aromatic rings. The molecule has 0 aromatic heterocycles. The Morgan fingerprint density at radius 3 is 2.46 bits per heavy atom. The summed E-state index contributed by atoms with van der Waals surface area (Å²) < 4.78 is 11.3. The molecule has 1 aliphatic carbocycles. The van der Waals surface area contributed by atoms with Crippen LogP contribution in [0.15, 0.2) is 48.5 Å². The molecule has 2 N–H and O–H groups in total. The van der Waals surface area contributed by atoms with Crippen LogP contribution in [-0.2, 0) is 14.3 Å². The fourth-order valence-electron chi connectivity index (χ4n) is 5.37. The van der Waals surface area contributed by atoms with Crippen LogP contribution >= 0.6 is 0 Å². The number of fused-ring (bicyclic) bond motifs is 1. The van der Waals surface area contributed by atoms with Gasteiger partial charge in [-0.15, -0.1) is 0 Å². The number of phenols is 1. The largest absolute Gasteiger partial charge is 0.508 e. The van der Waals surface area contributed by atoms with E-state index in [0.29, 0.717) is 31.4 Å². The summed E-state index contributed by atoms with van der Waals surface area (Å²) in [6.07, 6.45) is 1.28. The Bertz CT molecular complexity index is 1070. The first-order chi connectivity index (χ1) is 17.6. The van der Waals surface area contributed by atoms with Crippen LogP contribution in [0.4, 0.5) is 4.79 Å². The molecule has 1 amide bonds.